The quantitative estimate of drug-likeness (QED) is 0.716. The highest BCUT2D eigenvalue weighted by Crippen LogP contribution is 2.24. The standard InChI is InChI=1S/C23H27N5O2/c1-15(2)28-21-18(14-24-28)13-20(16(3)25-21)23(30)27-11-9-17(10-12-27)22(29)26-19-7-5-4-6-8-19/h4-8,13-15,17H,9-12H2,1-3H3,(H,26,29). The first-order chi connectivity index (χ1) is 14.4. The fraction of sp³-hybridized carbons (Fsp3) is 0.391. The van der Waals surface area contributed by atoms with E-state index in [-0.39, 0.29) is 23.8 Å². The van der Waals surface area contributed by atoms with E-state index < -0.39 is 0 Å². The average Bonchev–Trinajstić information content (AvgIpc) is 3.16. The lowest BCUT2D eigenvalue weighted by atomic mass is 9.95. The maximum absolute atomic E-state index is 13.1. The number of nitrogens with one attached hydrogen (secondary N) is 1. The molecule has 156 valence electrons. The number of carbonyl (C=O) groups excluding carboxylic acids is 2. The Balaban J connectivity index is 1.43. The first kappa shape index (κ1) is 20.1. The van der Waals surface area contributed by atoms with Gasteiger partial charge in [0.05, 0.1) is 17.5 Å². The molecule has 0 aliphatic carbocycles. The van der Waals surface area contributed by atoms with Crippen molar-refractivity contribution in [3.63, 3.8) is 0 Å². The number of amides is 2. The summed E-state index contributed by atoms with van der Waals surface area (Å²) in [5, 5.41) is 8.23. The average molecular weight is 406 g/mol. The maximum atomic E-state index is 13.1. The molecule has 3 heterocycles. The van der Waals surface area contributed by atoms with Crippen LogP contribution in [0.25, 0.3) is 11.0 Å². The Hall–Kier alpha value is -3.22. The second-order valence-electron chi connectivity index (χ2n) is 8.14. The highest BCUT2D eigenvalue weighted by molar-refractivity contribution is 5.98. The summed E-state index contributed by atoms with van der Waals surface area (Å²) >= 11 is 0. The van der Waals surface area contributed by atoms with E-state index in [0.29, 0.717) is 37.2 Å². The first-order valence-electron chi connectivity index (χ1n) is 10.4. The number of hydrogen-bond donors (Lipinski definition) is 1. The predicted molar refractivity (Wildman–Crippen MR) is 116 cm³/mol. The van der Waals surface area contributed by atoms with Crippen LogP contribution < -0.4 is 5.32 Å². The smallest absolute Gasteiger partial charge is 0.255 e. The molecule has 30 heavy (non-hydrogen) atoms. The molecule has 2 amide bonds. The Kier molecular flexibility index (Phi) is 5.53. The van der Waals surface area contributed by atoms with Gasteiger partial charge in [-0.25, -0.2) is 9.67 Å². The number of anilines is 1. The number of para-hydroxylation sites is 1. The minimum absolute atomic E-state index is 0.0219. The Morgan fingerprint density at radius 1 is 1.13 bits per heavy atom. The van der Waals surface area contributed by atoms with Gasteiger partial charge in [0.2, 0.25) is 5.91 Å². The summed E-state index contributed by atoms with van der Waals surface area (Å²) in [4.78, 5) is 32.1. The lowest BCUT2D eigenvalue weighted by Gasteiger charge is -2.31. The van der Waals surface area contributed by atoms with Gasteiger partial charge in [0.25, 0.3) is 5.91 Å². The molecule has 1 fully saturated rings. The van der Waals surface area contributed by atoms with Crippen LogP contribution in [-0.4, -0.2) is 44.6 Å². The second-order valence-corrected chi connectivity index (χ2v) is 8.14. The highest BCUT2D eigenvalue weighted by atomic mass is 16.2. The Morgan fingerprint density at radius 2 is 1.83 bits per heavy atom. The largest absolute Gasteiger partial charge is 0.339 e. The molecule has 1 aliphatic heterocycles. The molecule has 0 unspecified atom stereocenters. The molecule has 1 saturated heterocycles. The van der Waals surface area contributed by atoms with E-state index in [1.807, 2.05) is 52.9 Å². The molecule has 0 spiro atoms. The number of nitrogens with zero attached hydrogens (tertiary/aromatic N) is 4. The van der Waals surface area contributed by atoms with Gasteiger partial charge >= 0.3 is 0 Å². The van der Waals surface area contributed by atoms with Gasteiger partial charge in [-0.2, -0.15) is 5.10 Å². The fourth-order valence-corrected chi connectivity index (χ4v) is 3.94. The molecule has 0 atom stereocenters. The van der Waals surface area contributed by atoms with Crippen molar-refractivity contribution in [1.82, 2.24) is 19.7 Å². The van der Waals surface area contributed by atoms with Crippen LogP contribution in [0.5, 0.6) is 0 Å². The van der Waals surface area contributed by atoms with Gasteiger partial charge in [0, 0.05) is 36.1 Å². The van der Waals surface area contributed by atoms with Crippen molar-refractivity contribution >= 4 is 28.5 Å². The molecular weight excluding hydrogens is 378 g/mol. The maximum Gasteiger partial charge on any atom is 0.255 e. The van der Waals surface area contributed by atoms with Crippen LogP contribution >= 0.6 is 0 Å². The van der Waals surface area contributed by atoms with Crippen molar-refractivity contribution in [2.24, 2.45) is 5.92 Å². The minimum atomic E-state index is -0.0831. The molecule has 7 heteroatoms. The van der Waals surface area contributed by atoms with Gasteiger partial charge in [-0.15, -0.1) is 0 Å². The Labute approximate surface area is 176 Å². The molecule has 1 aliphatic rings. The number of aryl methyl sites for hydroxylation is 1. The third-order valence-electron chi connectivity index (χ3n) is 5.67. The minimum Gasteiger partial charge on any atom is -0.339 e. The summed E-state index contributed by atoms with van der Waals surface area (Å²) in [6.45, 7) is 7.11. The molecule has 4 rings (SSSR count). The summed E-state index contributed by atoms with van der Waals surface area (Å²) < 4.78 is 1.87. The summed E-state index contributed by atoms with van der Waals surface area (Å²) in [5.41, 5.74) is 2.92. The van der Waals surface area contributed by atoms with Crippen LogP contribution in [-0.2, 0) is 4.79 Å². The molecule has 0 bridgehead atoms. The van der Waals surface area contributed by atoms with Crippen LogP contribution in [0.3, 0.4) is 0 Å². The van der Waals surface area contributed by atoms with Gasteiger partial charge in [0.1, 0.15) is 0 Å². The lowest BCUT2D eigenvalue weighted by molar-refractivity contribution is -0.121. The highest BCUT2D eigenvalue weighted by Gasteiger charge is 2.29. The Bertz CT molecular complexity index is 1070. The van der Waals surface area contributed by atoms with Crippen molar-refractivity contribution < 1.29 is 9.59 Å². The van der Waals surface area contributed by atoms with E-state index in [0.717, 1.165) is 16.7 Å². The second kappa shape index (κ2) is 8.26. The van der Waals surface area contributed by atoms with Crippen LogP contribution in [0.15, 0.2) is 42.6 Å². The number of aromatic nitrogens is 3. The van der Waals surface area contributed by atoms with E-state index in [4.69, 9.17) is 0 Å². The number of benzene rings is 1. The zero-order valence-corrected chi connectivity index (χ0v) is 17.6. The summed E-state index contributed by atoms with van der Waals surface area (Å²) in [6.07, 6.45) is 3.08. The molecule has 2 aromatic heterocycles. The van der Waals surface area contributed by atoms with Gasteiger partial charge in [-0.1, -0.05) is 18.2 Å². The van der Waals surface area contributed by atoms with Gasteiger partial charge < -0.3 is 10.2 Å². The van der Waals surface area contributed by atoms with Crippen molar-refractivity contribution in [1.29, 1.82) is 0 Å². The molecule has 7 nitrogen and oxygen atoms in total. The number of piperidine rings is 1. The third kappa shape index (κ3) is 3.92. The SMILES string of the molecule is Cc1nc2c(cnn2C(C)C)cc1C(=O)N1CCC(C(=O)Nc2ccccc2)CC1. The molecule has 3 aromatic rings. The molecule has 0 radical (unpaired) electrons. The van der Waals surface area contributed by atoms with E-state index >= 15 is 0 Å². The van der Waals surface area contributed by atoms with Gasteiger partial charge in [-0.05, 0) is 51.8 Å². The molecule has 0 saturated carbocycles. The predicted octanol–water partition coefficient (Wildman–Crippen LogP) is 3.81. The number of fused-ring (bicyclic) bond motifs is 1. The van der Waals surface area contributed by atoms with E-state index in [1.165, 1.54) is 0 Å². The van der Waals surface area contributed by atoms with E-state index in [1.54, 1.807) is 6.20 Å². The normalized spacial score (nSPS) is 15.0. The number of hydrogen-bond acceptors (Lipinski definition) is 4. The summed E-state index contributed by atoms with van der Waals surface area (Å²) in [7, 11) is 0. The van der Waals surface area contributed by atoms with Crippen molar-refractivity contribution in [3.05, 3.63) is 53.9 Å². The number of pyridine rings is 1. The van der Waals surface area contributed by atoms with Crippen LogP contribution in [0.2, 0.25) is 0 Å². The van der Waals surface area contributed by atoms with Crippen LogP contribution in [0, 0.1) is 12.8 Å². The van der Waals surface area contributed by atoms with E-state index in [2.05, 4.69) is 29.2 Å². The monoisotopic (exact) mass is 405 g/mol. The van der Waals surface area contributed by atoms with Crippen molar-refractivity contribution in [2.75, 3.05) is 18.4 Å². The van der Waals surface area contributed by atoms with Gasteiger partial charge in [0.15, 0.2) is 5.65 Å². The van der Waals surface area contributed by atoms with Crippen molar-refractivity contribution in [3.8, 4) is 0 Å². The Morgan fingerprint density at radius 3 is 2.50 bits per heavy atom. The zero-order chi connectivity index (χ0) is 21.3. The summed E-state index contributed by atoms with van der Waals surface area (Å²) in [6, 6.07) is 11.6. The van der Waals surface area contributed by atoms with Gasteiger partial charge in [-0.3, -0.25) is 9.59 Å². The number of rotatable bonds is 4. The number of likely N-dealkylation sites (tertiary alicyclic amines) is 1. The number of carbonyl (C=O) groups is 2. The van der Waals surface area contributed by atoms with Crippen LogP contribution in [0.4, 0.5) is 5.69 Å². The van der Waals surface area contributed by atoms with Crippen LogP contribution in [0.1, 0.15) is 48.8 Å². The molecule has 1 N–H and O–H groups in total. The molecular formula is C23H27N5O2. The summed E-state index contributed by atoms with van der Waals surface area (Å²) in [5.74, 6) is -0.0880. The first-order valence-corrected chi connectivity index (χ1v) is 10.4. The zero-order valence-electron chi connectivity index (χ0n) is 17.6. The fourth-order valence-electron chi connectivity index (χ4n) is 3.94. The lowest BCUT2D eigenvalue weighted by Crippen LogP contribution is -2.41. The third-order valence-corrected chi connectivity index (χ3v) is 5.67. The molecule has 1 aromatic carbocycles. The van der Waals surface area contributed by atoms with Crippen molar-refractivity contribution in [2.45, 2.75) is 39.7 Å². The topological polar surface area (TPSA) is 80.1 Å². The van der Waals surface area contributed by atoms with E-state index in [9.17, 15) is 9.59 Å².